The first-order valence-electron chi connectivity index (χ1n) is 8.09. The third kappa shape index (κ3) is 3.45. The van der Waals surface area contributed by atoms with Gasteiger partial charge in [0.15, 0.2) is 5.65 Å². The van der Waals surface area contributed by atoms with Gasteiger partial charge in [-0.15, -0.1) is 0 Å². The average molecular weight is 352 g/mol. The number of anilines is 1. The molecule has 27 heavy (non-hydrogen) atoms. The van der Waals surface area contributed by atoms with E-state index in [9.17, 15) is 4.79 Å². The van der Waals surface area contributed by atoms with Crippen LogP contribution in [0.1, 0.15) is 16.1 Å². The highest BCUT2D eigenvalue weighted by molar-refractivity contribution is 6.02. The van der Waals surface area contributed by atoms with Gasteiger partial charge >= 0.3 is 0 Å². The zero-order valence-corrected chi connectivity index (χ0v) is 14.0. The monoisotopic (exact) mass is 352 g/mol. The predicted molar refractivity (Wildman–Crippen MR) is 99.7 cm³/mol. The lowest BCUT2D eigenvalue weighted by atomic mass is 10.1. The van der Waals surface area contributed by atoms with Gasteiger partial charge in [-0.1, -0.05) is 12.1 Å². The molecule has 0 saturated heterocycles. The van der Waals surface area contributed by atoms with Gasteiger partial charge < -0.3 is 5.32 Å². The van der Waals surface area contributed by atoms with Gasteiger partial charge in [-0.05, 0) is 36.4 Å². The predicted octanol–water partition coefficient (Wildman–Crippen LogP) is 3.21. The molecule has 0 fully saturated rings. The Hall–Kier alpha value is -4.18. The van der Waals surface area contributed by atoms with E-state index in [4.69, 9.17) is 5.26 Å². The van der Waals surface area contributed by atoms with Crippen LogP contribution in [0.15, 0.2) is 67.1 Å². The van der Waals surface area contributed by atoms with Gasteiger partial charge in [0.2, 0.25) is 0 Å². The van der Waals surface area contributed by atoms with Crippen molar-refractivity contribution in [1.82, 2.24) is 19.9 Å². The molecule has 7 nitrogen and oxygen atoms in total. The SMILES string of the molecule is N#Cc1ccc(-c2cnc(C(=O)Nc3ccc4cccnc4n3)cn2)cc1. The molecule has 0 radical (unpaired) electrons. The maximum atomic E-state index is 12.4. The number of amides is 1. The number of nitrogens with zero attached hydrogens (tertiary/aromatic N) is 5. The maximum absolute atomic E-state index is 12.4. The molecule has 0 bridgehead atoms. The molecule has 0 atom stereocenters. The molecule has 0 aliphatic heterocycles. The number of carbonyl (C=O) groups is 1. The maximum Gasteiger partial charge on any atom is 0.277 e. The summed E-state index contributed by atoms with van der Waals surface area (Å²) < 4.78 is 0. The number of aromatic nitrogens is 4. The van der Waals surface area contributed by atoms with Crippen LogP contribution in [0.3, 0.4) is 0 Å². The Balaban J connectivity index is 1.52. The number of benzene rings is 1. The number of carbonyl (C=O) groups excluding carboxylic acids is 1. The van der Waals surface area contributed by atoms with Crippen molar-refractivity contribution in [2.24, 2.45) is 0 Å². The molecule has 3 heterocycles. The summed E-state index contributed by atoms with van der Waals surface area (Å²) in [6, 6.07) is 16.3. The Kier molecular flexibility index (Phi) is 4.21. The first-order chi connectivity index (χ1) is 13.2. The van der Waals surface area contributed by atoms with Crippen molar-refractivity contribution in [2.45, 2.75) is 0 Å². The topological polar surface area (TPSA) is 104 Å². The number of pyridine rings is 2. The molecule has 3 aromatic heterocycles. The first kappa shape index (κ1) is 16.3. The van der Waals surface area contributed by atoms with Crippen molar-refractivity contribution in [3.05, 3.63) is 78.4 Å². The van der Waals surface area contributed by atoms with E-state index in [-0.39, 0.29) is 5.69 Å². The Morgan fingerprint density at radius 1 is 0.963 bits per heavy atom. The summed E-state index contributed by atoms with van der Waals surface area (Å²) in [5, 5.41) is 12.4. The second-order valence-corrected chi connectivity index (χ2v) is 5.68. The van der Waals surface area contributed by atoms with E-state index in [0.29, 0.717) is 22.7 Å². The van der Waals surface area contributed by atoms with Gasteiger partial charge in [-0.3, -0.25) is 9.78 Å². The normalized spacial score (nSPS) is 10.3. The lowest BCUT2D eigenvalue weighted by molar-refractivity contribution is 0.102. The summed E-state index contributed by atoms with van der Waals surface area (Å²) in [6.45, 7) is 0. The molecule has 0 aliphatic carbocycles. The van der Waals surface area contributed by atoms with E-state index in [1.807, 2.05) is 18.2 Å². The van der Waals surface area contributed by atoms with Crippen LogP contribution >= 0.6 is 0 Å². The summed E-state index contributed by atoms with van der Waals surface area (Å²) in [5.41, 5.74) is 2.73. The lowest BCUT2D eigenvalue weighted by Gasteiger charge is -2.05. The van der Waals surface area contributed by atoms with Gasteiger partial charge in [0.1, 0.15) is 11.5 Å². The number of fused-ring (bicyclic) bond motifs is 1. The van der Waals surface area contributed by atoms with Gasteiger partial charge in [0.25, 0.3) is 5.91 Å². The molecular weight excluding hydrogens is 340 g/mol. The van der Waals surface area contributed by atoms with Gasteiger partial charge in [-0.25, -0.2) is 15.0 Å². The summed E-state index contributed by atoms with van der Waals surface area (Å²) >= 11 is 0. The Bertz CT molecular complexity index is 1160. The van der Waals surface area contributed by atoms with Crippen LogP contribution in [0.5, 0.6) is 0 Å². The molecular formula is C20H12N6O. The Labute approximate surface area is 154 Å². The van der Waals surface area contributed by atoms with Crippen LogP contribution in [0.2, 0.25) is 0 Å². The first-order valence-corrected chi connectivity index (χ1v) is 8.09. The van der Waals surface area contributed by atoms with Gasteiger partial charge in [0, 0.05) is 17.1 Å². The van der Waals surface area contributed by atoms with E-state index in [0.717, 1.165) is 10.9 Å². The van der Waals surface area contributed by atoms with E-state index in [2.05, 4.69) is 31.3 Å². The smallest absolute Gasteiger partial charge is 0.277 e. The Morgan fingerprint density at radius 2 is 1.81 bits per heavy atom. The van der Waals surface area contributed by atoms with Crippen molar-refractivity contribution >= 4 is 22.8 Å². The average Bonchev–Trinajstić information content (AvgIpc) is 2.74. The van der Waals surface area contributed by atoms with Crippen LogP contribution in [0.25, 0.3) is 22.3 Å². The van der Waals surface area contributed by atoms with Gasteiger partial charge in [0.05, 0.1) is 29.7 Å². The molecule has 4 aromatic rings. The summed E-state index contributed by atoms with van der Waals surface area (Å²) in [4.78, 5) is 29.3. The highest BCUT2D eigenvalue weighted by atomic mass is 16.1. The minimum absolute atomic E-state index is 0.176. The van der Waals surface area contributed by atoms with Crippen LogP contribution in [-0.4, -0.2) is 25.8 Å². The van der Waals surface area contributed by atoms with Crippen molar-refractivity contribution in [3.8, 4) is 17.3 Å². The molecule has 0 unspecified atom stereocenters. The molecule has 0 spiro atoms. The summed E-state index contributed by atoms with van der Waals surface area (Å²) in [5.74, 6) is -0.0131. The van der Waals surface area contributed by atoms with Crippen molar-refractivity contribution in [2.75, 3.05) is 5.32 Å². The number of nitriles is 1. The molecule has 1 aromatic carbocycles. The fourth-order valence-electron chi connectivity index (χ4n) is 2.51. The quantitative estimate of drug-likeness (QED) is 0.607. The summed E-state index contributed by atoms with van der Waals surface area (Å²) in [7, 11) is 0. The zero-order chi connectivity index (χ0) is 18.6. The van der Waals surface area contributed by atoms with Gasteiger partial charge in [-0.2, -0.15) is 5.26 Å². The third-order valence-corrected chi connectivity index (χ3v) is 3.90. The minimum Gasteiger partial charge on any atom is -0.305 e. The second kappa shape index (κ2) is 6.98. The van der Waals surface area contributed by atoms with Crippen LogP contribution in [0, 0.1) is 11.3 Å². The van der Waals surface area contributed by atoms with Crippen molar-refractivity contribution in [3.63, 3.8) is 0 Å². The minimum atomic E-state index is -0.406. The van der Waals surface area contributed by atoms with E-state index in [1.165, 1.54) is 12.4 Å². The van der Waals surface area contributed by atoms with Crippen LogP contribution in [0.4, 0.5) is 5.82 Å². The second-order valence-electron chi connectivity index (χ2n) is 5.68. The molecule has 1 N–H and O–H groups in total. The fourth-order valence-corrected chi connectivity index (χ4v) is 2.51. The molecule has 0 aliphatic rings. The lowest BCUT2D eigenvalue weighted by Crippen LogP contribution is -2.15. The number of hydrogen-bond acceptors (Lipinski definition) is 6. The number of hydrogen-bond donors (Lipinski definition) is 1. The zero-order valence-electron chi connectivity index (χ0n) is 14.0. The highest BCUT2D eigenvalue weighted by Gasteiger charge is 2.10. The Morgan fingerprint density at radius 3 is 2.56 bits per heavy atom. The standard InChI is InChI=1S/C20H12N6O/c21-10-13-3-5-14(6-4-13)16-11-24-17(12-23-16)20(27)26-18-8-7-15-2-1-9-22-19(15)25-18/h1-9,11-12H,(H,22,25,26,27). The van der Waals surface area contributed by atoms with Crippen LogP contribution in [-0.2, 0) is 0 Å². The van der Waals surface area contributed by atoms with Crippen molar-refractivity contribution < 1.29 is 4.79 Å². The highest BCUT2D eigenvalue weighted by Crippen LogP contribution is 2.17. The third-order valence-electron chi connectivity index (χ3n) is 3.90. The van der Waals surface area contributed by atoms with E-state index >= 15 is 0 Å². The van der Waals surface area contributed by atoms with E-state index in [1.54, 1.807) is 36.5 Å². The van der Waals surface area contributed by atoms with E-state index < -0.39 is 5.91 Å². The molecule has 4 rings (SSSR count). The fraction of sp³-hybridized carbons (Fsp3) is 0. The summed E-state index contributed by atoms with van der Waals surface area (Å²) in [6.07, 6.45) is 4.57. The van der Waals surface area contributed by atoms with Crippen molar-refractivity contribution in [1.29, 1.82) is 5.26 Å². The van der Waals surface area contributed by atoms with Crippen LogP contribution < -0.4 is 5.32 Å². The molecule has 0 saturated carbocycles. The molecule has 128 valence electrons. The number of nitrogens with one attached hydrogen (secondary N) is 1. The number of rotatable bonds is 3. The largest absolute Gasteiger partial charge is 0.305 e. The molecule has 7 heteroatoms. The molecule has 1 amide bonds.